The Kier molecular flexibility index (Phi) is 23.2. The quantitative estimate of drug-likeness (QED) is 0.0689. The van der Waals surface area contributed by atoms with Crippen LogP contribution in [0.4, 0.5) is 0 Å². The van der Waals surface area contributed by atoms with Crippen molar-refractivity contribution in [1.82, 2.24) is 14.7 Å². The number of amides is 3. The van der Waals surface area contributed by atoms with E-state index in [4.69, 9.17) is 9.47 Å². The highest BCUT2D eigenvalue weighted by atomic mass is 16.5. The number of Topliss-reactive ketones (excluding diaryl/α,β-unsaturated/α-hetero) is 4. The lowest BCUT2D eigenvalue weighted by Gasteiger charge is -2.41. The zero-order valence-electron chi connectivity index (χ0n) is 43.3. The fourth-order valence-corrected chi connectivity index (χ4v) is 11.6. The number of nitrogens with zero attached hydrogens (tertiary/aromatic N) is 3. The Hall–Kier alpha value is -4.30. The summed E-state index contributed by atoms with van der Waals surface area (Å²) in [6.07, 6.45) is 8.65. The molecule has 1 saturated carbocycles. The average molecular weight is 964 g/mol. The van der Waals surface area contributed by atoms with E-state index in [2.05, 4.69) is 0 Å². The molecule has 4 rings (SSSR count). The maximum absolute atomic E-state index is 14.7. The molecule has 0 spiro atoms. The van der Waals surface area contributed by atoms with Crippen molar-refractivity contribution in [2.75, 3.05) is 27.8 Å². The predicted molar refractivity (Wildman–Crippen MR) is 264 cm³/mol. The smallest absolute Gasteiger partial charge is 0.307 e. The fraction of sp³-hybridized carbons (Fsp3) is 0.745. The second kappa shape index (κ2) is 27.9. The summed E-state index contributed by atoms with van der Waals surface area (Å²) in [6.45, 7) is 11.7. The van der Waals surface area contributed by atoms with Crippen LogP contribution in [0.5, 0.6) is 0 Å². The van der Waals surface area contributed by atoms with Crippen LogP contribution in [0.3, 0.4) is 0 Å². The Morgan fingerprint density at radius 3 is 2.07 bits per heavy atom. The van der Waals surface area contributed by atoms with E-state index in [1.54, 1.807) is 30.9 Å². The van der Waals surface area contributed by atoms with Gasteiger partial charge in [0.2, 0.25) is 17.7 Å². The van der Waals surface area contributed by atoms with Gasteiger partial charge in [-0.15, -0.1) is 0 Å². The van der Waals surface area contributed by atoms with E-state index < -0.39 is 54.1 Å². The third kappa shape index (κ3) is 15.8. The number of carboxylic acid groups (broad SMARTS) is 1. The monoisotopic (exact) mass is 964 g/mol. The van der Waals surface area contributed by atoms with E-state index in [-0.39, 0.29) is 90.3 Å². The molecule has 2 bridgehead atoms. The van der Waals surface area contributed by atoms with Crippen molar-refractivity contribution in [3.05, 3.63) is 35.9 Å². The molecule has 69 heavy (non-hydrogen) atoms. The Bertz CT molecular complexity index is 1890. The van der Waals surface area contributed by atoms with Crippen LogP contribution in [0.2, 0.25) is 0 Å². The molecule has 3 amide bonds. The standard InChI is InChI=1S/C55H85N3O11/c1-10-36(4)51(48(68-8)34-50(64)57-29-19-25-45(57)53(69-9)38(6)46(61)32-41(55(66)67)30-39-21-14-13-15-22-39)56(7)54(65)44(35(2)3)33-47(62)52-40-27-28-42(31-40)58(52)49(63)26-17-12-11-16-23-43(60)24-18-20-37(5)59/h13-15,21-22,35-36,38,40-42,44-45,48,51-53H,10-12,16-20,23-34H2,1-9H3,(H,66,67)/t36-,38-,40-,41+,42+,44-,45-,48+,51-,52?,53+/m0/s1. The molecular formula is C55H85N3O11. The van der Waals surface area contributed by atoms with E-state index in [0.717, 1.165) is 44.1 Å². The highest BCUT2D eigenvalue weighted by Gasteiger charge is 2.51. The Morgan fingerprint density at radius 2 is 1.46 bits per heavy atom. The molecule has 1 N–H and O–H groups in total. The van der Waals surface area contributed by atoms with Crippen LogP contribution < -0.4 is 0 Å². The number of carbonyl (C=O) groups is 8. The molecule has 1 unspecified atom stereocenters. The fourth-order valence-electron chi connectivity index (χ4n) is 11.6. The number of benzene rings is 1. The summed E-state index contributed by atoms with van der Waals surface area (Å²) in [5.41, 5.74) is 0.836. The Balaban J connectivity index is 1.39. The number of likely N-dealkylation sites (N-methyl/N-ethyl adjacent to an activating group) is 1. The van der Waals surface area contributed by atoms with Gasteiger partial charge in [-0.3, -0.25) is 33.6 Å². The van der Waals surface area contributed by atoms with Gasteiger partial charge in [0, 0.05) is 84.2 Å². The highest BCUT2D eigenvalue weighted by molar-refractivity contribution is 5.94. The van der Waals surface area contributed by atoms with Crippen LogP contribution in [0.1, 0.15) is 163 Å². The number of ketones is 4. The molecule has 2 aliphatic heterocycles. The zero-order chi connectivity index (χ0) is 50.9. The SMILES string of the molecule is CC[C@H](C)[C@@H]([C@@H](CC(=O)N1CCC[C@H]1[C@H](OC)[C@@H](C)C(=O)C[C@@H](Cc1ccccc1)C(=O)O)OC)N(C)C(=O)[C@@H](CC(=O)C1[C@H]2CC[C@H](C2)N1C(=O)CCCCCCC(=O)CCCC(C)=O)C(C)C. The second-order valence-electron chi connectivity index (χ2n) is 21.0. The first-order chi connectivity index (χ1) is 32.8. The van der Waals surface area contributed by atoms with Crippen LogP contribution in [0.15, 0.2) is 30.3 Å². The van der Waals surface area contributed by atoms with Gasteiger partial charge < -0.3 is 34.1 Å². The molecule has 1 aromatic rings. The van der Waals surface area contributed by atoms with Gasteiger partial charge in [-0.05, 0) is 88.0 Å². The van der Waals surface area contributed by atoms with E-state index in [1.807, 2.05) is 62.9 Å². The van der Waals surface area contributed by atoms with E-state index in [1.165, 1.54) is 14.0 Å². The number of carbonyl (C=O) groups excluding carboxylic acids is 7. The maximum atomic E-state index is 14.7. The number of fused-ring (bicyclic) bond motifs is 2. The predicted octanol–water partition coefficient (Wildman–Crippen LogP) is 8.09. The summed E-state index contributed by atoms with van der Waals surface area (Å²) in [6, 6.07) is 7.80. The first-order valence-electron chi connectivity index (χ1n) is 26.1. The van der Waals surface area contributed by atoms with Gasteiger partial charge in [-0.1, -0.05) is 84.2 Å². The van der Waals surface area contributed by atoms with E-state index in [9.17, 15) is 43.5 Å². The summed E-state index contributed by atoms with van der Waals surface area (Å²) >= 11 is 0. The molecule has 3 fully saturated rings. The molecule has 2 heterocycles. The normalized spacial score (nSPS) is 21.9. The molecule has 11 atom stereocenters. The van der Waals surface area contributed by atoms with Gasteiger partial charge in [0.1, 0.15) is 17.3 Å². The lowest BCUT2D eigenvalue weighted by Crippen LogP contribution is -2.54. The molecule has 3 aliphatic rings. The first-order valence-corrected chi connectivity index (χ1v) is 26.1. The summed E-state index contributed by atoms with van der Waals surface area (Å²) in [5, 5.41) is 10.0. The lowest BCUT2D eigenvalue weighted by molar-refractivity contribution is -0.150. The molecule has 0 aromatic heterocycles. The minimum atomic E-state index is -1.04. The molecule has 1 aliphatic carbocycles. The van der Waals surface area contributed by atoms with Crippen molar-refractivity contribution in [2.24, 2.45) is 35.5 Å². The van der Waals surface area contributed by atoms with Gasteiger partial charge in [0.05, 0.1) is 42.7 Å². The van der Waals surface area contributed by atoms with E-state index in [0.29, 0.717) is 64.3 Å². The lowest BCUT2D eigenvalue weighted by atomic mass is 9.83. The number of methoxy groups -OCH3 is 2. The molecule has 386 valence electrons. The number of carboxylic acids is 1. The van der Waals surface area contributed by atoms with Crippen molar-refractivity contribution in [3.8, 4) is 0 Å². The Morgan fingerprint density at radius 1 is 0.797 bits per heavy atom. The number of unbranched alkanes of at least 4 members (excludes halogenated alkanes) is 3. The van der Waals surface area contributed by atoms with Crippen LogP contribution in [-0.4, -0.2) is 131 Å². The van der Waals surface area contributed by atoms with Crippen molar-refractivity contribution >= 4 is 46.8 Å². The molecule has 1 aromatic carbocycles. The summed E-state index contributed by atoms with van der Waals surface area (Å²) < 4.78 is 12.1. The van der Waals surface area contributed by atoms with Crippen LogP contribution >= 0.6 is 0 Å². The number of ether oxygens (including phenoxy) is 2. The first kappa shape index (κ1) is 57.3. The molecule has 14 nitrogen and oxygen atoms in total. The van der Waals surface area contributed by atoms with Gasteiger partial charge in [-0.25, -0.2) is 0 Å². The summed E-state index contributed by atoms with van der Waals surface area (Å²) in [7, 11) is 4.81. The summed E-state index contributed by atoms with van der Waals surface area (Å²) in [4.78, 5) is 112. The van der Waals surface area contributed by atoms with Gasteiger partial charge in [0.15, 0.2) is 5.78 Å². The molecule has 2 saturated heterocycles. The van der Waals surface area contributed by atoms with Gasteiger partial charge >= 0.3 is 5.97 Å². The zero-order valence-corrected chi connectivity index (χ0v) is 43.3. The number of hydrogen-bond donors (Lipinski definition) is 1. The van der Waals surface area contributed by atoms with Gasteiger partial charge in [0.25, 0.3) is 0 Å². The highest BCUT2D eigenvalue weighted by Crippen LogP contribution is 2.44. The molecule has 0 radical (unpaired) electrons. The Labute approximate surface area is 412 Å². The largest absolute Gasteiger partial charge is 0.481 e. The van der Waals surface area contributed by atoms with Crippen LogP contribution in [0, 0.1) is 35.5 Å². The average Bonchev–Trinajstić information content (AvgIpc) is 4.09. The number of likely N-dealkylation sites (tertiary alicyclic amines) is 2. The number of hydrogen-bond acceptors (Lipinski definition) is 10. The molecule has 14 heteroatoms. The molecular weight excluding hydrogens is 879 g/mol. The topological polar surface area (TPSA) is 185 Å². The van der Waals surface area contributed by atoms with Crippen molar-refractivity contribution in [3.63, 3.8) is 0 Å². The van der Waals surface area contributed by atoms with Crippen molar-refractivity contribution < 1.29 is 52.9 Å². The minimum Gasteiger partial charge on any atom is -0.481 e. The summed E-state index contributed by atoms with van der Waals surface area (Å²) in [5.74, 6) is -3.88. The van der Waals surface area contributed by atoms with Crippen molar-refractivity contribution in [1.29, 1.82) is 0 Å². The maximum Gasteiger partial charge on any atom is 0.307 e. The second-order valence-corrected chi connectivity index (χ2v) is 21.0. The number of aliphatic carboxylic acids is 1. The van der Waals surface area contributed by atoms with Crippen LogP contribution in [-0.2, 0) is 54.3 Å². The minimum absolute atomic E-state index is 0.00694. The van der Waals surface area contributed by atoms with Crippen LogP contribution in [0.25, 0.3) is 0 Å². The third-order valence-corrected chi connectivity index (χ3v) is 15.8. The third-order valence-electron chi connectivity index (χ3n) is 15.8. The van der Waals surface area contributed by atoms with E-state index >= 15 is 0 Å². The van der Waals surface area contributed by atoms with Gasteiger partial charge in [-0.2, -0.15) is 0 Å². The number of piperidine rings is 1. The number of rotatable bonds is 32. The van der Waals surface area contributed by atoms with Crippen molar-refractivity contribution in [2.45, 2.75) is 200 Å².